The third-order valence-corrected chi connectivity index (χ3v) is 5.43. The van der Waals surface area contributed by atoms with Gasteiger partial charge in [-0.15, -0.1) is 0 Å². The first-order valence-corrected chi connectivity index (χ1v) is 10.1. The standard InChI is InChI=1S/C22H30N2O4/c1-22(2,3)28-21(27)24-12-10-17(11-13-24)16-6-4-15(5-7-16)14-18-8-9-19(25)23-20(18)26/h4-7,17-18H,8-14H2,1-3H3,(H,23,25,26). The molecule has 6 heteroatoms. The van der Waals surface area contributed by atoms with Crippen LogP contribution in [-0.4, -0.2) is 41.5 Å². The van der Waals surface area contributed by atoms with Crippen molar-refractivity contribution in [2.45, 2.75) is 64.4 Å². The van der Waals surface area contributed by atoms with Crippen molar-refractivity contribution >= 4 is 17.9 Å². The van der Waals surface area contributed by atoms with Gasteiger partial charge in [0.1, 0.15) is 5.60 Å². The molecule has 1 atom stereocenters. The number of carbonyl (C=O) groups excluding carboxylic acids is 3. The van der Waals surface area contributed by atoms with Crippen LogP contribution in [-0.2, 0) is 20.7 Å². The number of benzene rings is 1. The van der Waals surface area contributed by atoms with Gasteiger partial charge in [0.15, 0.2) is 0 Å². The van der Waals surface area contributed by atoms with Crippen LogP contribution in [0.25, 0.3) is 0 Å². The van der Waals surface area contributed by atoms with E-state index in [9.17, 15) is 14.4 Å². The summed E-state index contributed by atoms with van der Waals surface area (Å²) >= 11 is 0. The fourth-order valence-corrected chi connectivity index (χ4v) is 3.87. The molecule has 2 aliphatic heterocycles. The van der Waals surface area contributed by atoms with Crippen molar-refractivity contribution in [3.05, 3.63) is 35.4 Å². The summed E-state index contributed by atoms with van der Waals surface area (Å²) in [6, 6.07) is 8.43. The number of hydrogen-bond donors (Lipinski definition) is 1. The van der Waals surface area contributed by atoms with Gasteiger partial charge in [-0.05, 0) is 63.5 Å². The minimum absolute atomic E-state index is 0.124. The van der Waals surface area contributed by atoms with Crippen molar-refractivity contribution in [3.63, 3.8) is 0 Å². The zero-order valence-corrected chi connectivity index (χ0v) is 17.0. The lowest BCUT2D eigenvalue weighted by molar-refractivity contribution is -0.136. The van der Waals surface area contributed by atoms with E-state index >= 15 is 0 Å². The van der Waals surface area contributed by atoms with E-state index in [2.05, 4.69) is 29.6 Å². The quantitative estimate of drug-likeness (QED) is 0.808. The molecular formula is C22H30N2O4. The van der Waals surface area contributed by atoms with E-state index in [1.807, 2.05) is 20.8 Å². The third-order valence-electron chi connectivity index (χ3n) is 5.43. The first-order chi connectivity index (χ1) is 13.2. The Kier molecular flexibility index (Phi) is 6.06. The predicted octanol–water partition coefficient (Wildman–Crippen LogP) is 3.40. The maximum Gasteiger partial charge on any atom is 0.410 e. The summed E-state index contributed by atoms with van der Waals surface area (Å²) in [5.74, 6) is -0.0203. The lowest BCUT2D eigenvalue weighted by Gasteiger charge is -2.33. The number of nitrogens with zero attached hydrogens (tertiary/aromatic N) is 1. The van der Waals surface area contributed by atoms with Crippen LogP contribution in [0.1, 0.15) is 63.5 Å². The summed E-state index contributed by atoms with van der Waals surface area (Å²) in [5.41, 5.74) is 1.92. The van der Waals surface area contributed by atoms with Crippen molar-refractivity contribution < 1.29 is 19.1 Å². The molecule has 6 nitrogen and oxygen atoms in total. The van der Waals surface area contributed by atoms with Crippen molar-refractivity contribution in [2.75, 3.05) is 13.1 Å². The molecule has 0 bridgehead atoms. The summed E-state index contributed by atoms with van der Waals surface area (Å²) in [6.07, 6.45) is 3.32. The minimum Gasteiger partial charge on any atom is -0.444 e. The molecule has 3 amide bonds. The average Bonchev–Trinajstić information content (AvgIpc) is 2.63. The number of nitrogens with one attached hydrogen (secondary N) is 1. The second kappa shape index (κ2) is 8.33. The van der Waals surface area contributed by atoms with Gasteiger partial charge in [-0.1, -0.05) is 24.3 Å². The molecule has 1 N–H and O–H groups in total. The normalized spacial score (nSPS) is 21.4. The van der Waals surface area contributed by atoms with Gasteiger partial charge in [0, 0.05) is 25.4 Å². The van der Waals surface area contributed by atoms with Gasteiger partial charge < -0.3 is 9.64 Å². The molecule has 0 aromatic heterocycles. The number of likely N-dealkylation sites (tertiary alicyclic amines) is 1. The van der Waals surface area contributed by atoms with E-state index in [0.717, 1.165) is 18.4 Å². The Bertz CT molecular complexity index is 728. The maximum atomic E-state index is 12.2. The van der Waals surface area contributed by atoms with E-state index < -0.39 is 5.60 Å². The molecule has 2 aliphatic rings. The number of imide groups is 1. The van der Waals surface area contributed by atoms with Gasteiger partial charge in [0.05, 0.1) is 0 Å². The van der Waals surface area contributed by atoms with Gasteiger partial charge in [0.2, 0.25) is 11.8 Å². The zero-order chi connectivity index (χ0) is 20.3. The van der Waals surface area contributed by atoms with Gasteiger partial charge in [-0.25, -0.2) is 4.79 Å². The first kappa shape index (κ1) is 20.4. The number of amides is 3. The van der Waals surface area contributed by atoms with E-state index in [0.29, 0.717) is 38.3 Å². The molecular weight excluding hydrogens is 356 g/mol. The second-order valence-corrected chi connectivity index (χ2v) is 8.84. The molecule has 28 heavy (non-hydrogen) atoms. The molecule has 0 spiro atoms. The first-order valence-electron chi connectivity index (χ1n) is 10.1. The number of ether oxygens (including phenoxy) is 1. The Morgan fingerprint density at radius 3 is 2.32 bits per heavy atom. The number of hydrogen-bond acceptors (Lipinski definition) is 4. The molecule has 152 valence electrons. The monoisotopic (exact) mass is 386 g/mol. The van der Waals surface area contributed by atoms with Crippen LogP contribution in [0, 0.1) is 5.92 Å². The Hall–Kier alpha value is -2.37. The topological polar surface area (TPSA) is 75.7 Å². The molecule has 2 fully saturated rings. The van der Waals surface area contributed by atoms with E-state index in [4.69, 9.17) is 4.74 Å². The highest BCUT2D eigenvalue weighted by molar-refractivity contribution is 5.98. The zero-order valence-electron chi connectivity index (χ0n) is 17.0. The Balaban J connectivity index is 1.51. The highest BCUT2D eigenvalue weighted by Crippen LogP contribution is 2.29. The smallest absolute Gasteiger partial charge is 0.410 e. The Labute approximate surface area is 166 Å². The average molecular weight is 386 g/mol. The summed E-state index contributed by atoms with van der Waals surface area (Å²) in [4.78, 5) is 37.2. The molecule has 3 rings (SSSR count). The summed E-state index contributed by atoms with van der Waals surface area (Å²) in [6.45, 7) is 7.06. The molecule has 1 aromatic carbocycles. The van der Waals surface area contributed by atoms with E-state index in [1.165, 1.54) is 5.56 Å². The van der Waals surface area contributed by atoms with Crippen molar-refractivity contribution in [1.29, 1.82) is 0 Å². The molecule has 2 heterocycles. The van der Waals surface area contributed by atoms with Crippen LogP contribution < -0.4 is 5.32 Å². The Morgan fingerprint density at radius 2 is 1.75 bits per heavy atom. The molecule has 0 radical (unpaired) electrons. The summed E-state index contributed by atoms with van der Waals surface area (Å²) in [7, 11) is 0. The van der Waals surface area contributed by atoms with Crippen LogP contribution in [0.15, 0.2) is 24.3 Å². The number of rotatable bonds is 3. The number of piperidine rings is 2. The van der Waals surface area contributed by atoms with Crippen molar-refractivity contribution in [3.8, 4) is 0 Å². The fourth-order valence-electron chi connectivity index (χ4n) is 3.87. The third kappa shape index (κ3) is 5.33. The van der Waals surface area contributed by atoms with Crippen molar-refractivity contribution in [1.82, 2.24) is 10.2 Å². The Morgan fingerprint density at radius 1 is 1.11 bits per heavy atom. The van der Waals surface area contributed by atoms with E-state index in [-0.39, 0.29) is 23.8 Å². The largest absolute Gasteiger partial charge is 0.444 e. The van der Waals surface area contributed by atoms with Crippen LogP contribution in [0.5, 0.6) is 0 Å². The van der Waals surface area contributed by atoms with Gasteiger partial charge in [0.25, 0.3) is 0 Å². The van der Waals surface area contributed by atoms with Crippen molar-refractivity contribution in [2.24, 2.45) is 5.92 Å². The molecule has 0 aliphatic carbocycles. The fraction of sp³-hybridized carbons (Fsp3) is 0.591. The second-order valence-electron chi connectivity index (χ2n) is 8.84. The lowest BCUT2D eigenvalue weighted by atomic mass is 9.87. The van der Waals surface area contributed by atoms with Gasteiger partial charge in [-0.3, -0.25) is 14.9 Å². The highest BCUT2D eigenvalue weighted by Gasteiger charge is 2.28. The number of carbonyl (C=O) groups is 3. The van der Waals surface area contributed by atoms with Crippen LogP contribution in [0.3, 0.4) is 0 Å². The minimum atomic E-state index is -0.466. The van der Waals surface area contributed by atoms with Gasteiger partial charge >= 0.3 is 6.09 Å². The van der Waals surface area contributed by atoms with E-state index in [1.54, 1.807) is 4.90 Å². The van der Waals surface area contributed by atoms with Gasteiger partial charge in [-0.2, -0.15) is 0 Å². The maximum absolute atomic E-state index is 12.2. The van der Waals surface area contributed by atoms with Crippen LogP contribution in [0.4, 0.5) is 4.79 Å². The molecule has 1 aromatic rings. The highest BCUT2D eigenvalue weighted by atomic mass is 16.6. The molecule has 0 saturated carbocycles. The SMILES string of the molecule is CC(C)(C)OC(=O)N1CCC(c2ccc(CC3CCC(=O)NC3=O)cc2)CC1. The predicted molar refractivity (Wildman–Crippen MR) is 106 cm³/mol. The lowest BCUT2D eigenvalue weighted by Crippen LogP contribution is -2.41. The van der Waals surface area contributed by atoms with Crippen LogP contribution in [0.2, 0.25) is 0 Å². The summed E-state index contributed by atoms with van der Waals surface area (Å²) in [5, 5.41) is 2.42. The molecule has 1 unspecified atom stereocenters. The molecule has 2 saturated heterocycles. The summed E-state index contributed by atoms with van der Waals surface area (Å²) < 4.78 is 5.45. The van der Waals surface area contributed by atoms with Crippen LogP contribution >= 0.6 is 0 Å².